The molecule has 0 aliphatic carbocycles. The lowest BCUT2D eigenvalue weighted by Crippen LogP contribution is -2.41. The first-order chi connectivity index (χ1) is 13.4. The SMILES string of the molecule is COCCNC(=O)NC(=O)CSc1nnc(-c2ccccc2F)n1CC(C)C. The number of hydrogen-bond acceptors (Lipinski definition) is 6. The number of imide groups is 1. The first-order valence-electron chi connectivity index (χ1n) is 8.80. The minimum absolute atomic E-state index is 0.0226. The molecule has 2 aromatic rings. The van der Waals surface area contributed by atoms with E-state index in [2.05, 4.69) is 20.8 Å². The molecule has 0 bridgehead atoms. The predicted molar refractivity (Wildman–Crippen MR) is 104 cm³/mol. The van der Waals surface area contributed by atoms with Crippen molar-refractivity contribution in [3.63, 3.8) is 0 Å². The average Bonchev–Trinajstić information content (AvgIpc) is 3.02. The molecule has 0 aliphatic rings. The smallest absolute Gasteiger partial charge is 0.321 e. The van der Waals surface area contributed by atoms with Gasteiger partial charge in [0.2, 0.25) is 5.91 Å². The molecule has 0 fully saturated rings. The van der Waals surface area contributed by atoms with Crippen LogP contribution in [0.25, 0.3) is 11.4 Å². The standard InChI is InChI=1S/C18H24FN5O3S/c1-12(2)10-24-16(13-6-4-5-7-14(13)19)22-23-18(24)28-11-15(25)21-17(26)20-8-9-27-3/h4-7,12H,8-11H2,1-3H3,(H2,20,21,25,26). The molecule has 1 aromatic heterocycles. The van der Waals surface area contributed by atoms with E-state index < -0.39 is 11.9 Å². The fraction of sp³-hybridized carbons (Fsp3) is 0.444. The van der Waals surface area contributed by atoms with Crippen LogP contribution in [0.5, 0.6) is 0 Å². The van der Waals surface area contributed by atoms with E-state index in [0.29, 0.717) is 36.2 Å². The van der Waals surface area contributed by atoms with Crippen LogP contribution < -0.4 is 10.6 Å². The summed E-state index contributed by atoms with van der Waals surface area (Å²) in [6.07, 6.45) is 0. The number of carbonyl (C=O) groups excluding carboxylic acids is 2. The van der Waals surface area contributed by atoms with Gasteiger partial charge in [-0.3, -0.25) is 10.1 Å². The molecule has 0 aliphatic heterocycles. The van der Waals surface area contributed by atoms with Crippen molar-refractivity contribution in [3.8, 4) is 11.4 Å². The number of aromatic nitrogens is 3. The lowest BCUT2D eigenvalue weighted by atomic mass is 10.2. The van der Waals surface area contributed by atoms with E-state index in [1.165, 1.54) is 13.2 Å². The van der Waals surface area contributed by atoms with Crippen LogP contribution in [0.4, 0.5) is 9.18 Å². The number of ether oxygens (including phenoxy) is 1. The zero-order valence-electron chi connectivity index (χ0n) is 16.1. The number of nitrogens with zero attached hydrogens (tertiary/aromatic N) is 3. The predicted octanol–water partition coefficient (Wildman–Crippen LogP) is 2.30. The third-order valence-corrected chi connectivity index (χ3v) is 4.52. The molecule has 8 nitrogen and oxygen atoms in total. The number of halogens is 1. The molecule has 0 atom stereocenters. The molecule has 2 N–H and O–H groups in total. The Bertz CT molecular complexity index is 812. The van der Waals surface area contributed by atoms with Gasteiger partial charge < -0.3 is 14.6 Å². The summed E-state index contributed by atoms with van der Waals surface area (Å²) in [6, 6.07) is 5.77. The second-order valence-electron chi connectivity index (χ2n) is 6.38. The van der Waals surface area contributed by atoms with Crippen LogP contribution in [0.2, 0.25) is 0 Å². The Morgan fingerprint density at radius 2 is 2.04 bits per heavy atom. The highest BCUT2D eigenvalue weighted by Crippen LogP contribution is 2.26. The largest absolute Gasteiger partial charge is 0.383 e. The van der Waals surface area contributed by atoms with Crippen LogP contribution in [0, 0.1) is 11.7 Å². The maximum atomic E-state index is 14.2. The third-order valence-electron chi connectivity index (χ3n) is 3.56. The van der Waals surface area contributed by atoms with Crippen LogP contribution in [0.3, 0.4) is 0 Å². The van der Waals surface area contributed by atoms with Crippen molar-refractivity contribution in [3.05, 3.63) is 30.1 Å². The van der Waals surface area contributed by atoms with Gasteiger partial charge in [-0.15, -0.1) is 10.2 Å². The molecular formula is C18H24FN5O3S. The number of methoxy groups -OCH3 is 1. The number of urea groups is 1. The fourth-order valence-corrected chi connectivity index (χ4v) is 3.12. The van der Waals surface area contributed by atoms with Gasteiger partial charge in [0, 0.05) is 20.2 Å². The molecule has 0 unspecified atom stereocenters. The van der Waals surface area contributed by atoms with Crippen molar-refractivity contribution in [1.29, 1.82) is 0 Å². The normalized spacial score (nSPS) is 10.9. The molecule has 0 saturated carbocycles. The summed E-state index contributed by atoms with van der Waals surface area (Å²) in [5.41, 5.74) is 0.351. The van der Waals surface area contributed by atoms with Gasteiger partial charge in [-0.25, -0.2) is 9.18 Å². The Morgan fingerprint density at radius 1 is 1.29 bits per heavy atom. The van der Waals surface area contributed by atoms with Gasteiger partial charge in [0.05, 0.1) is 17.9 Å². The topological polar surface area (TPSA) is 98.1 Å². The van der Waals surface area contributed by atoms with Crippen molar-refractivity contribution in [1.82, 2.24) is 25.4 Å². The van der Waals surface area contributed by atoms with Crippen molar-refractivity contribution < 1.29 is 18.7 Å². The van der Waals surface area contributed by atoms with E-state index in [0.717, 1.165) is 11.8 Å². The van der Waals surface area contributed by atoms with Gasteiger partial charge in [0.15, 0.2) is 11.0 Å². The van der Waals surface area contributed by atoms with Crippen LogP contribution in [-0.2, 0) is 16.1 Å². The zero-order chi connectivity index (χ0) is 20.5. The molecule has 152 valence electrons. The quantitative estimate of drug-likeness (QED) is 0.487. The number of nitrogens with one attached hydrogen (secondary N) is 2. The second-order valence-corrected chi connectivity index (χ2v) is 7.32. The molecule has 1 heterocycles. The van der Waals surface area contributed by atoms with E-state index >= 15 is 0 Å². The summed E-state index contributed by atoms with van der Waals surface area (Å²) in [4.78, 5) is 23.6. The molecule has 1 aromatic carbocycles. The number of carbonyl (C=O) groups is 2. The van der Waals surface area contributed by atoms with E-state index in [1.807, 2.05) is 13.8 Å². The summed E-state index contributed by atoms with van der Waals surface area (Å²) in [7, 11) is 1.52. The van der Waals surface area contributed by atoms with Gasteiger partial charge in [-0.05, 0) is 18.1 Å². The van der Waals surface area contributed by atoms with E-state index in [-0.39, 0.29) is 17.5 Å². The van der Waals surface area contributed by atoms with Gasteiger partial charge in [0.1, 0.15) is 5.82 Å². The van der Waals surface area contributed by atoms with Crippen LogP contribution >= 0.6 is 11.8 Å². The van der Waals surface area contributed by atoms with Crippen molar-refractivity contribution >= 4 is 23.7 Å². The van der Waals surface area contributed by atoms with E-state index in [1.54, 1.807) is 22.8 Å². The molecule has 0 spiro atoms. The minimum Gasteiger partial charge on any atom is -0.383 e. The van der Waals surface area contributed by atoms with Crippen LogP contribution in [0.1, 0.15) is 13.8 Å². The second kappa shape index (κ2) is 10.8. The first kappa shape index (κ1) is 21.8. The average molecular weight is 409 g/mol. The highest BCUT2D eigenvalue weighted by Gasteiger charge is 2.19. The van der Waals surface area contributed by atoms with Gasteiger partial charge in [-0.2, -0.15) is 0 Å². The summed E-state index contributed by atoms with van der Waals surface area (Å²) in [5, 5.41) is 13.5. The van der Waals surface area contributed by atoms with Crippen LogP contribution in [0.15, 0.2) is 29.4 Å². The van der Waals surface area contributed by atoms with Crippen molar-refractivity contribution in [2.24, 2.45) is 5.92 Å². The highest BCUT2D eigenvalue weighted by atomic mass is 32.2. The maximum absolute atomic E-state index is 14.2. The summed E-state index contributed by atoms with van der Waals surface area (Å²) in [6.45, 7) is 5.27. The first-order valence-corrected chi connectivity index (χ1v) is 9.78. The third kappa shape index (κ3) is 6.31. The maximum Gasteiger partial charge on any atom is 0.321 e. The minimum atomic E-state index is -0.585. The van der Waals surface area contributed by atoms with Crippen molar-refractivity contribution in [2.75, 3.05) is 26.0 Å². The Hall–Kier alpha value is -2.46. The monoisotopic (exact) mass is 409 g/mol. The lowest BCUT2D eigenvalue weighted by molar-refractivity contribution is -0.117. The molecular weight excluding hydrogens is 385 g/mol. The number of rotatable bonds is 9. The zero-order valence-corrected chi connectivity index (χ0v) is 16.9. The highest BCUT2D eigenvalue weighted by molar-refractivity contribution is 7.99. The fourth-order valence-electron chi connectivity index (χ4n) is 2.37. The number of thioether (sulfide) groups is 1. The van der Waals surface area contributed by atoms with E-state index in [4.69, 9.17) is 4.74 Å². The summed E-state index contributed by atoms with van der Waals surface area (Å²) >= 11 is 1.14. The molecule has 2 rings (SSSR count). The number of benzene rings is 1. The summed E-state index contributed by atoms with van der Waals surface area (Å²) < 4.78 is 20.8. The molecule has 0 radical (unpaired) electrons. The van der Waals surface area contributed by atoms with Crippen molar-refractivity contribution in [2.45, 2.75) is 25.5 Å². The molecule has 28 heavy (non-hydrogen) atoms. The molecule has 3 amide bonds. The Morgan fingerprint density at radius 3 is 2.71 bits per heavy atom. The van der Waals surface area contributed by atoms with E-state index in [9.17, 15) is 14.0 Å². The Balaban J connectivity index is 2.06. The lowest BCUT2D eigenvalue weighted by Gasteiger charge is -2.13. The molecule has 0 saturated heterocycles. The van der Waals surface area contributed by atoms with Crippen LogP contribution in [-0.4, -0.2) is 52.7 Å². The Kier molecular flexibility index (Phi) is 8.40. The number of hydrogen-bond donors (Lipinski definition) is 2. The summed E-state index contributed by atoms with van der Waals surface area (Å²) in [5.74, 6) is -0.202. The molecule has 10 heteroatoms. The number of amides is 3. The van der Waals surface area contributed by atoms with Gasteiger partial charge in [-0.1, -0.05) is 37.7 Å². The van der Waals surface area contributed by atoms with Gasteiger partial charge in [0.25, 0.3) is 0 Å². The Labute approximate surface area is 167 Å². The van der Waals surface area contributed by atoms with Gasteiger partial charge >= 0.3 is 6.03 Å².